The zero-order chi connectivity index (χ0) is 21.7. The molecule has 0 aromatic heterocycles. The molecule has 30 heavy (non-hydrogen) atoms. The van der Waals surface area contributed by atoms with Crippen LogP contribution in [0.1, 0.15) is 106 Å². The molecule has 0 amide bonds. The van der Waals surface area contributed by atoms with Crippen molar-refractivity contribution < 1.29 is 5.11 Å². The number of hydrogen-bond donors (Lipinski definition) is 1. The molecule has 1 N–H and O–H groups in total. The fourth-order valence-electron chi connectivity index (χ4n) is 9.42. The fraction of sp³-hybridized carbons (Fsp3) is 0.931. The zero-order valence-corrected chi connectivity index (χ0v) is 20.9. The Morgan fingerprint density at radius 3 is 2.27 bits per heavy atom. The number of rotatable bonds is 5. The summed E-state index contributed by atoms with van der Waals surface area (Å²) in [7, 11) is 0. The van der Waals surface area contributed by atoms with Crippen LogP contribution in [0.5, 0.6) is 0 Å². The Bertz CT molecular complexity index is 622. The van der Waals surface area contributed by atoms with Crippen molar-refractivity contribution >= 4 is 0 Å². The molecule has 0 bridgehead atoms. The molecule has 0 radical (unpaired) electrons. The standard InChI is InChI=1S/C29H50O/c1-7-21(19(2)3)9-8-20(4)25-12-13-26-24-11-10-22-18-23(30)14-16-28(22,5)27(24)15-17-29(25,26)6/h8-9,19-27,30H,7,10-18H2,1-6H3/b9-8+/t20?,21?,22-,23-,24?,25?,26?,27?,28?,29?/m0/s1. The lowest BCUT2D eigenvalue weighted by molar-refractivity contribution is -0.128. The van der Waals surface area contributed by atoms with Gasteiger partial charge in [0.05, 0.1) is 6.10 Å². The Morgan fingerprint density at radius 2 is 1.57 bits per heavy atom. The first-order valence-electron chi connectivity index (χ1n) is 13.6. The van der Waals surface area contributed by atoms with E-state index in [2.05, 4.69) is 53.7 Å². The molecule has 172 valence electrons. The molecule has 4 aliphatic carbocycles. The van der Waals surface area contributed by atoms with Gasteiger partial charge in [-0.05, 0) is 122 Å². The van der Waals surface area contributed by atoms with Crippen molar-refractivity contribution in [2.24, 2.45) is 58.2 Å². The third-order valence-corrected chi connectivity index (χ3v) is 11.3. The molecule has 10 atom stereocenters. The van der Waals surface area contributed by atoms with Crippen LogP contribution in [-0.2, 0) is 0 Å². The van der Waals surface area contributed by atoms with Crippen molar-refractivity contribution in [2.75, 3.05) is 0 Å². The maximum Gasteiger partial charge on any atom is 0.0543 e. The van der Waals surface area contributed by atoms with Crippen LogP contribution in [0.3, 0.4) is 0 Å². The third kappa shape index (κ3) is 3.74. The molecule has 0 aromatic carbocycles. The number of aliphatic hydroxyl groups excluding tert-OH is 1. The monoisotopic (exact) mass is 414 g/mol. The molecule has 0 aliphatic heterocycles. The van der Waals surface area contributed by atoms with E-state index >= 15 is 0 Å². The molecule has 1 heteroatoms. The lowest BCUT2D eigenvalue weighted by atomic mass is 9.44. The van der Waals surface area contributed by atoms with Gasteiger partial charge >= 0.3 is 0 Å². The van der Waals surface area contributed by atoms with Crippen molar-refractivity contribution in [3.63, 3.8) is 0 Å². The summed E-state index contributed by atoms with van der Waals surface area (Å²) < 4.78 is 0. The molecule has 0 saturated heterocycles. The molecule has 0 spiro atoms. The summed E-state index contributed by atoms with van der Waals surface area (Å²) in [5.74, 6) is 6.72. The van der Waals surface area contributed by atoms with Crippen molar-refractivity contribution in [3.05, 3.63) is 12.2 Å². The lowest BCUT2D eigenvalue weighted by Crippen LogP contribution is -2.54. The maximum atomic E-state index is 10.3. The maximum absolute atomic E-state index is 10.3. The number of fused-ring (bicyclic) bond motifs is 5. The fourth-order valence-corrected chi connectivity index (χ4v) is 9.42. The average Bonchev–Trinajstić information content (AvgIpc) is 3.06. The first-order valence-corrected chi connectivity index (χ1v) is 13.6. The summed E-state index contributed by atoms with van der Waals surface area (Å²) in [5, 5.41) is 10.3. The summed E-state index contributed by atoms with van der Waals surface area (Å²) in [6.07, 6.45) is 18.5. The summed E-state index contributed by atoms with van der Waals surface area (Å²) in [4.78, 5) is 0. The lowest BCUT2D eigenvalue weighted by Gasteiger charge is -2.61. The topological polar surface area (TPSA) is 20.2 Å². The van der Waals surface area contributed by atoms with Gasteiger partial charge in [-0.25, -0.2) is 0 Å². The second-order valence-corrected chi connectivity index (χ2v) is 12.9. The van der Waals surface area contributed by atoms with E-state index in [4.69, 9.17) is 0 Å². The summed E-state index contributed by atoms with van der Waals surface area (Å²) in [6.45, 7) is 14.9. The molecule has 1 nitrogen and oxygen atoms in total. The molecule has 0 heterocycles. The van der Waals surface area contributed by atoms with E-state index in [1.165, 1.54) is 51.4 Å². The van der Waals surface area contributed by atoms with E-state index in [-0.39, 0.29) is 6.10 Å². The van der Waals surface area contributed by atoms with Crippen molar-refractivity contribution in [3.8, 4) is 0 Å². The van der Waals surface area contributed by atoms with Crippen LogP contribution in [0.15, 0.2) is 12.2 Å². The normalized spacial score (nSPS) is 48.3. The molecule has 0 aromatic rings. The van der Waals surface area contributed by atoms with E-state index in [9.17, 15) is 5.11 Å². The van der Waals surface area contributed by atoms with E-state index in [0.29, 0.717) is 10.8 Å². The highest BCUT2D eigenvalue weighted by molar-refractivity contribution is 5.11. The predicted octanol–water partition coefficient (Wildman–Crippen LogP) is 7.88. The van der Waals surface area contributed by atoms with Gasteiger partial charge in [-0.15, -0.1) is 0 Å². The molecule has 4 aliphatic rings. The van der Waals surface area contributed by atoms with Gasteiger partial charge in [-0.1, -0.05) is 53.7 Å². The van der Waals surface area contributed by atoms with Crippen LogP contribution in [0.4, 0.5) is 0 Å². The molecular weight excluding hydrogens is 364 g/mol. The van der Waals surface area contributed by atoms with Crippen LogP contribution in [0.25, 0.3) is 0 Å². The van der Waals surface area contributed by atoms with Crippen LogP contribution in [0.2, 0.25) is 0 Å². The zero-order valence-electron chi connectivity index (χ0n) is 20.9. The molecule has 4 fully saturated rings. The summed E-state index contributed by atoms with van der Waals surface area (Å²) in [6, 6.07) is 0. The highest BCUT2D eigenvalue weighted by Gasteiger charge is 2.60. The SMILES string of the molecule is CCC(/C=C/C(C)C1CCC2C3CC[C@H]4C[C@@H](O)CCC4(C)C3CCC12C)C(C)C. The Hall–Kier alpha value is -0.300. The van der Waals surface area contributed by atoms with Gasteiger partial charge in [0, 0.05) is 0 Å². The van der Waals surface area contributed by atoms with Gasteiger partial charge in [-0.3, -0.25) is 0 Å². The van der Waals surface area contributed by atoms with Crippen LogP contribution < -0.4 is 0 Å². The second-order valence-electron chi connectivity index (χ2n) is 12.9. The van der Waals surface area contributed by atoms with Crippen molar-refractivity contribution in [1.82, 2.24) is 0 Å². The van der Waals surface area contributed by atoms with Crippen LogP contribution >= 0.6 is 0 Å². The number of hydrogen-bond acceptors (Lipinski definition) is 1. The predicted molar refractivity (Wildman–Crippen MR) is 128 cm³/mol. The van der Waals surface area contributed by atoms with Crippen LogP contribution in [0, 0.1) is 58.2 Å². The molecule has 4 saturated carbocycles. The van der Waals surface area contributed by atoms with E-state index in [1.54, 1.807) is 0 Å². The van der Waals surface area contributed by atoms with Gasteiger partial charge in [-0.2, -0.15) is 0 Å². The quantitative estimate of drug-likeness (QED) is 0.454. The van der Waals surface area contributed by atoms with E-state index in [0.717, 1.165) is 60.2 Å². The first-order chi connectivity index (χ1) is 14.2. The Balaban J connectivity index is 1.49. The second kappa shape index (κ2) is 8.57. The minimum absolute atomic E-state index is 0.0187. The largest absolute Gasteiger partial charge is 0.393 e. The van der Waals surface area contributed by atoms with E-state index in [1.807, 2.05) is 0 Å². The Morgan fingerprint density at radius 1 is 0.867 bits per heavy atom. The molecule has 8 unspecified atom stereocenters. The van der Waals surface area contributed by atoms with E-state index < -0.39 is 0 Å². The molecular formula is C29H50O. The highest BCUT2D eigenvalue weighted by Crippen LogP contribution is 2.68. The highest BCUT2D eigenvalue weighted by atomic mass is 16.3. The van der Waals surface area contributed by atoms with Gasteiger partial charge in [0.1, 0.15) is 0 Å². The summed E-state index contributed by atoms with van der Waals surface area (Å²) in [5.41, 5.74) is 1.07. The first kappa shape index (κ1) is 22.9. The average molecular weight is 415 g/mol. The van der Waals surface area contributed by atoms with Crippen molar-refractivity contribution in [2.45, 2.75) is 112 Å². The number of aliphatic hydroxyl groups is 1. The Kier molecular flexibility index (Phi) is 6.53. The minimum Gasteiger partial charge on any atom is -0.393 e. The van der Waals surface area contributed by atoms with Gasteiger partial charge in [0.15, 0.2) is 0 Å². The van der Waals surface area contributed by atoms with Gasteiger partial charge in [0.25, 0.3) is 0 Å². The molecule has 4 rings (SSSR count). The minimum atomic E-state index is -0.0187. The number of allylic oxidation sites excluding steroid dienone is 2. The summed E-state index contributed by atoms with van der Waals surface area (Å²) >= 11 is 0. The smallest absolute Gasteiger partial charge is 0.0543 e. The van der Waals surface area contributed by atoms with Gasteiger partial charge < -0.3 is 5.11 Å². The van der Waals surface area contributed by atoms with Crippen molar-refractivity contribution in [1.29, 1.82) is 0 Å². The Labute approximate surface area is 187 Å². The third-order valence-electron chi connectivity index (χ3n) is 11.3. The van der Waals surface area contributed by atoms with Gasteiger partial charge in [0.2, 0.25) is 0 Å². The van der Waals surface area contributed by atoms with Crippen LogP contribution in [-0.4, -0.2) is 11.2 Å².